The van der Waals surface area contributed by atoms with Crippen LogP contribution in [0.1, 0.15) is 13.3 Å². The van der Waals surface area contributed by atoms with Crippen molar-refractivity contribution in [1.82, 2.24) is 10.2 Å². The monoisotopic (exact) mass is 142 g/mol. The molecular weight excluding hydrogens is 128 g/mol. The quantitative estimate of drug-likeness (QED) is 0.543. The molecule has 1 fully saturated rings. The number of piperazine rings is 1. The van der Waals surface area contributed by atoms with Crippen LogP contribution < -0.4 is 5.32 Å². The standard InChI is InChI=1S/C7H14N2O/c1-2-7-5-9(6-10)4-3-8-7/h6-8H,2-5H2,1H3/t7-/m1/s1. The van der Waals surface area contributed by atoms with Gasteiger partial charge in [-0.2, -0.15) is 0 Å². The van der Waals surface area contributed by atoms with Crippen molar-refractivity contribution in [3.8, 4) is 0 Å². The van der Waals surface area contributed by atoms with Crippen LogP contribution in [0.4, 0.5) is 0 Å². The lowest BCUT2D eigenvalue weighted by Gasteiger charge is -2.30. The van der Waals surface area contributed by atoms with Crippen molar-refractivity contribution in [3.63, 3.8) is 0 Å². The minimum Gasteiger partial charge on any atom is -0.342 e. The van der Waals surface area contributed by atoms with Crippen LogP contribution in [-0.2, 0) is 4.79 Å². The average Bonchev–Trinajstić information content (AvgIpc) is 2.05. The smallest absolute Gasteiger partial charge is 0.209 e. The number of carbonyl (C=O) groups is 1. The Bertz CT molecular complexity index is 116. The molecule has 0 spiro atoms. The summed E-state index contributed by atoms with van der Waals surface area (Å²) in [7, 11) is 0. The molecule has 10 heavy (non-hydrogen) atoms. The van der Waals surface area contributed by atoms with E-state index in [-0.39, 0.29) is 0 Å². The van der Waals surface area contributed by atoms with E-state index in [0.29, 0.717) is 6.04 Å². The van der Waals surface area contributed by atoms with Crippen molar-refractivity contribution < 1.29 is 4.79 Å². The van der Waals surface area contributed by atoms with Crippen LogP contribution in [-0.4, -0.2) is 37.0 Å². The lowest BCUT2D eigenvalue weighted by molar-refractivity contribution is -0.119. The Hall–Kier alpha value is -0.570. The molecule has 0 aliphatic carbocycles. The van der Waals surface area contributed by atoms with E-state index in [1.807, 2.05) is 4.90 Å². The maximum absolute atomic E-state index is 10.3. The van der Waals surface area contributed by atoms with E-state index >= 15 is 0 Å². The van der Waals surface area contributed by atoms with Crippen LogP contribution in [0, 0.1) is 0 Å². The van der Waals surface area contributed by atoms with E-state index < -0.39 is 0 Å². The fourth-order valence-corrected chi connectivity index (χ4v) is 1.22. The molecule has 1 heterocycles. The van der Waals surface area contributed by atoms with E-state index in [4.69, 9.17) is 0 Å². The minimum absolute atomic E-state index is 0.513. The molecule has 3 heteroatoms. The largest absolute Gasteiger partial charge is 0.342 e. The molecule has 0 aromatic rings. The Morgan fingerprint density at radius 1 is 1.80 bits per heavy atom. The van der Waals surface area contributed by atoms with Crippen molar-refractivity contribution >= 4 is 6.41 Å². The average molecular weight is 142 g/mol. The first-order valence-electron chi connectivity index (χ1n) is 3.79. The van der Waals surface area contributed by atoms with Crippen LogP contribution >= 0.6 is 0 Å². The lowest BCUT2D eigenvalue weighted by atomic mass is 10.2. The normalized spacial score (nSPS) is 26.5. The van der Waals surface area contributed by atoms with Gasteiger partial charge in [0.15, 0.2) is 0 Å². The maximum atomic E-state index is 10.3. The summed E-state index contributed by atoms with van der Waals surface area (Å²) in [6.07, 6.45) is 2.04. The highest BCUT2D eigenvalue weighted by molar-refractivity contribution is 5.47. The summed E-state index contributed by atoms with van der Waals surface area (Å²) in [6.45, 7) is 4.81. The SMILES string of the molecule is CC[C@@H]1CN(C=O)CCN1. The van der Waals surface area contributed by atoms with E-state index in [2.05, 4.69) is 12.2 Å². The maximum Gasteiger partial charge on any atom is 0.209 e. The molecule has 0 aromatic heterocycles. The van der Waals surface area contributed by atoms with Gasteiger partial charge >= 0.3 is 0 Å². The molecule has 58 valence electrons. The first-order chi connectivity index (χ1) is 4.86. The molecule has 1 saturated heterocycles. The number of amides is 1. The minimum atomic E-state index is 0.513. The zero-order valence-corrected chi connectivity index (χ0v) is 6.34. The van der Waals surface area contributed by atoms with Crippen LogP contribution in [0.2, 0.25) is 0 Å². The fourth-order valence-electron chi connectivity index (χ4n) is 1.22. The summed E-state index contributed by atoms with van der Waals surface area (Å²) in [4.78, 5) is 12.1. The number of nitrogens with one attached hydrogen (secondary N) is 1. The van der Waals surface area contributed by atoms with Gasteiger partial charge in [0.1, 0.15) is 0 Å². The Morgan fingerprint density at radius 3 is 3.20 bits per heavy atom. The van der Waals surface area contributed by atoms with Crippen molar-refractivity contribution in [2.24, 2.45) is 0 Å². The molecule has 1 rings (SSSR count). The van der Waals surface area contributed by atoms with E-state index in [1.54, 1.807) is 0 Å². The fraction of sp³-hybridized carbons (Fsp3) is 0.857. The van der Waals surface area contributed by atoms with Crippen molar-refractivity contribution in [1.29, 1.82) is 0 Å². The van der Waals surface area contributed by atoms with Crippen molar-refractivity contribution in [2.75, 3.05) is 19.6 Å². The summed E-state index contributed by atoms with van der Waals surface area (Å²) in [5, 5.41) is 3.33. The highest BCUT2D eigenvalue weighted by Crippen LogP contribution is 1.98. The number of hydrogen-bond donors (Lipinski definition) is 1. The van der Waals surface area contributed by atoms with Gasteiger partial charge in [-0.15, -0.1) is 0 Å². The molecule has 1 amide bonds. The molecule has 1 N–H and O–H groups in total. The van der Waals surface area contributed by atoms with Gasteiger partial charge in [0.25, 0.3) is 0 Å². The van der Waals surface area contributed by atoms with Gasteiger partial charge in [0.05, 0.1) is 0 Å². The molecule has 3 nitrogen and oxygen atoms in total. The molecule has 1 aliphatic rings. The summed E-state index contributed by atoms with van der Waals surface area (Å²) >= 11 is 0. The Morgan fingerprint density at radius 2 is 2.60 bits per heavy atom. The predicted octanol–water partition coefficient (Wildman–Crippen LogP) is -0.173. The van der Waals surface area contributed by atoms with Gasteiger partial charge < -0.3 is 10.2 Å². The summed E-state index contributed by atoms with van der Waals surface area (Å²) in [5.74, 6) is 0. The molecule has 0 bridgehead atoms. The van der Waals surface area contributed by atoms with Gasteiger partial charge in [-0.3, -0.25) is 4.79 Å². The predicted molar refractivity (Wildman–Crippen MR) is 39.7 cm³/mol. The number of carbonyl (C=O) groups excluding carboxylic acids is 1. The first kappa shape index (κ1) is 7.54. The molecule has 0 aromatic carbocycles. The zero-order valence-electron chi connectivity index (χ0n) is 6.34. The third-order valence-electron chi connectivity index (χ3n) is 1.93. The second kappa shape index (κ2) is 3.56. The van der Waals surface area contributed by atoms with Crippen LogP contribution in [0.3, 0.4) is 0 Å². The molecule has 0 radical (unpaired) electrons. The number of nitrogens with zero attached hydrogens (tertiary/aromatic N) is 1. The van der Waals surface area contributed by atoms with E-state index in [9.17, 15) is 4.79 Å². The summed E-state index contributed by atoms with van der Waals surface area (Å²) in [5.41, 5.74) is 0. The zero-order chi connectivity index (χ0) is 7.40. The van der Waals surface area contributed by atoms with Crippen LogP contribution in [0.25, 0.3) is 0 Å². The van der Waals surface area contributed by atoms with Gasteiger partial charge in [0.2, 0.25) is 6.41 Å². The highest BCUT2D eigenvalue weighted by Gasteiger charge is 2.14. The molecule has 1 atom stereocenters. The van der Waals surface area contributed by atoms with Crippen LogP contribution in [0.15, 0.2) is 0 Å². The Kier molecular flexibility index (Phi) is 2.68. The highest BCUT2D eigenvalue weighted by atomic mass is 16.1. The molecule has 0 saturated carbocycles. The number of rotatable bonds is 2. The third-order valence-corrected chi connectivity index (χ3v) is 1.93. The van der Waals surface area contributed by atoms with Crippen molar-refractivity contribution in [2.45, 2.75) is 19.4 Å². The topological polar surface area (TPSA) is 32.3 Å². The van der Waals surface area contributed by atoms with Crippen LogP contribution in [0.5, 0.6) is 0 Å². The van der Waals surface area contributed by atoms with E-state index in [1.165, 1.54) is 0 Å². The van der Waals surface area contributed by atoms with Gasteiger partial charge in [-0.05, 0) is 6.42 Å². The first-order valence-corrected chi connectivity index (χ1v) is 3.79. The molecule has 0 unspecified atom stereocenters. The third kappa shape index (κ3) is 1.70. The van der Waals surface area contributed by atoms with Gasteiger partial charge in [-0.25, -0.2) is 0 Å². The summed E-state index contributed by atoms with van der Waals surface area (Å²) < 4.78 is 0. The molecule has 1 aliphatic heterocycles. The lowest BCUT2D eigenvalue weighted by Crippen LogP contribution is -2.49. The molecular formula is C7H14N2O. The van der Waals surface area contributed by atoms with Gasteiger partial charge in [-0.1, -0.05) is 6.92 Å². The second-order valence-corrected chi connectivity index (χ2v) is 2.66. The summed E-state index contributed by atoms with van der Waals surface area (Å²) in [6, 6.07) is 0.513. The number of hydrogen-bond acceptors (Lipinski definition) is 2. The van der Waals surface area contributed by atoms with Crippen molar-refractivity contribution in [3.05, 3.63) is 0 Å². The Balaban J connectivity index is 2.31. The van der Waals surface area contributed by atoms with E-state index in [0.717, 1.165) is 32.5 Å². The second-order valence-electron chi connectivity index (χ2n) is 2.66. The Labute approximate surface area is 61.4 Å². The van der Waals surface area contributed by atoms with Gasteiger partial charge in [0, 0.05) is 25.7 Å².